The number of anilines is 2. The van der Waals surface area contributed by atoms with Crippen LogP contribution in [0.4, 0.5) is 24.7 Å². The highest BCUT2D eigenvalue weighted by molar-refractivity contribution is 7.12. The molecule has 1 N–H and O–H groups in total. The highest BCUT2D eigenvalue weighted by atomic mass is 32.1. The van der Waals surface area contributed by atoms with E-state index in [1.807, 2.05) is 18.2 Å². The molecule has 2 aliphatic rings. The van der Waals surface area contributed by atoms with E-state index in [4.69, 9.17) is 4.98 Å². The fourth-order valence-corrected chi connectivity index (χ4v) is 6.13. The summed E-state index contributed by atoms with van der Waals surface area (Å²) in [5.41, 5.74) is 3.31. The molecule has 0 bridgehead atoms. The summed E-state index contributed by atoms with van der Waals surface area (Å²) in [4.78, 5) is 22.4. The van der Waals surface area contributed by atoms with Crippen molar-refractivity contribution in [1.29, 1.82) is 0 Å². The molecule has 0 saturated carbocycles. The molecule has 37 heavy (non-hydrogen) atoms. The van der Waals surface area contributed by atoms with Crippen LogP contribution in [0.15, 0.2) is 35.7 Å². The van der Waals surface area contributed by atoms with Gasteiger partial charge in [-0.3, -0.25) is 4.79 Å². The number of aromatic nitrogens is 1. The minimum Gasteiger partial charge on any atom is -0.396 e. The van der Waals surface area contributed by atoms with Crippen molar-refractivity contribution in [2.24, 2.45) is 0 Å². The van der Waals surface area contributed by atoms with Crippen LogP contribution in [-0.2, 0) is 11.2 Å². The van der Waals surface area contributed by atoms with E-state index >= 15 is 0 Å². The molecule has 10 heteroatoms. The van der Waals surface area contributed by atoms with E-state index in [0.717, 1.165) is 46.7 Å². The molecule has 0 spiro atoms. The van der Waals surface area contributed by atoms with Gasteiger partial charge in [0.15, 0.2) is 5.06 Å². The predicted octanol–water partition coefficient (Wildman–Crippen LogP) is 6.14. The van der Waals surface area contributed by atoms with E-state index < -0.39 is 6.36 Å². The molecule has 2 saturated heterocycles. The van der Waals surface area contributed by atoms with Crippen LogP contribution in [-0.4, -0.2) is 54.4 Å². The second kappa shape index (κ2) is 10.9. The normalized spacial score (nSPS) is 17.5. The molecule has 3 aromatic rings. The van der Waals surface area contributed by atoms with E-state index in [-0.39, 0.29) is 17.4 Å². The first-order chi connectivity index (χ1) is 17.7. The molecule has 1 amide bonds. The molecule has 1 aromatic carbocycles. The van der Waals surface area contributed by atoms with Crippen molar-refractivity contribution in [3.63, 3.8) is 0 Å². The number of rotatable bonds is 7. The average molecular weight is 533 g/mol. The number of halogens is 3. The SMILES string of the molecule is Cc1cc(N2CCC(N3CCCC3)CC2)nc2ccc(NC(=O)CCc3csc(OC(F)(F)F)c3)cc12. The molecule has 4 heterocycles. The maximum absolute atomic E-state index is 12.5. The third-order valence-corrected chi connectivity index (χ3v) is 8.07. The van der Waals surface area contributed by atoms with Crippen LogP contribution < -0.4 is 15.0 Å². The van der Waals surface area contributed by atoms with E-state index in [0.29, 0.717) is 23.7 Å². The lowest BCUT2D eigenvalue weighted by Gasteiger charge is -2.37. The van der Waals surface area contributed by atoms with Crippen LogP contribution in [0.3, 0.4) is 0 Å². The largest absolute Gasteiger partial charge is 0.573 e. The van der Waals surface area contributed by atoms with Gasteiger partial charge in [0.1, 0.15) is 5.82 Å². The van der Waals surface area contributed by atoms with Gasteiger partial charge in [0.2, 0.25) is 5.91 Å². The number of carbonyl (C=O) groups excluding carboxylic acids is 1. The number of hydrogen-bond donors (Lipinski definition) is 1. The summed E-state index contributed by atoms with van der Waals surface area (Å²) in [6.07, 6.45) is 0.763. The van der Waals surface area contributed by atoms with Crippen LogP contribution in [0.5, 0.6) is 5.06 Å². The molecule has 0 aliphatic carbocycles. The highest BCUT2D eigenvalue weighted by Crippen LogP contribution is 2.31. The second-order valence-electron chi connectivity index (χ2n) is 9.86. The first-order valence-corrected chi connectivity index (χ1v) is 13.6. The lowest BCUT2D eigenvalue weighted by atomic mass is 10.0. The standard InChI is InChI=1S/C27H31F3N4O2S/c1-18-14-24(34-12-8-21(9-13-34)33-10-2-3-11-33)32-23-6-5-20(16-22(18)23)31-25(35)7-4-19-15-26(37-17-19)36-27(28,29)30/h5-6,14-17,21H,2-4,7-13H2,1H3,(H,31,35). The molecule has 2 aliphatic heterocycles. The summed E-state index contributed by atoms with van der Waals surface area (Å²) in [5.74, 6) is 0.804. The Morgan fingerprint density at radius 2 is 1.89 bits per heavy atom. The zero-order chi connectivity index (χ0) is 26.0. The molecular weight excluding hydrogens is 501 g/mol. The van der Waals surface area contributed by atoms with Crippen LogP contribution in [0.25, 0.3) is 10.9 Å². The number of thiophene rings is 1. The first kappa shape index (κ1) is 25.8. The van der Waals surface area contributed by atoms with Gasteiger partial charge in [-0.25, -0.2) is 4.98 Å². The van der Waals surface area contributed by atoms with Gasteiger partial charge < -0.3 is 19.9 Å². The molecule has 2 fully saturated rings. The minimum absolute atomic E-state index is 0.157. The average Bonchev–Trinajstić information content (AvgIpc) is 3.55. The monoisotopic (exact) mass is 532 g/mol. The molecule has 0 unspecified atom stereocenters. The Balaban J connectivity index is 1.18. The Bertz CT molecular complexity index is 1250. The van der Waals surface area contributed by atoms with Crippen LogP contribution in [0.2, 0.25) is 0 Å². The number of benzene rings is 1. The molecule has 0 radical (unpaired) electrons. The van der Waals surface area contributed by atoms with Crippen molar-refractivity contribution in [3.05, 3.63) is 46.8 Å². The van der Waals surface area contributed by atoms with Gasteiger partial charge >= 0.3 is 6.36 Å². The topological polar surface area (TPSA) is 57.7 Å². The van der Waals surface area contributed by atoms with Gasteiger partial charge in [-0.15, -0.1) is 24.5 Å². The fraction of sp³-hybridized carbons (Fsp3) is 0.481. The van der Waals surface area contributed by atoms with E-state index in [1.54, 1.807) is 5.38 Å². The quantitative estimate of drug-likeness (QED) is 0.396. The van der Waals surface area contributed by atoms with Crippen molar-refractivity contribution in [1.82, 2.24) is 9.88 Å². The van der Waals surface area contributed by atoms with Crippen molar-refractivity contribution >= 4 is 39.7 Å². The molecule has 198 valence electrons. The Morgan fingerprint density at radius 1 is 1.14 bits per heavy atom. The number of piperidine rings is 1. The van der Waals surface area contributed by atoms with Gasteiger partial charge in [0.05, 0.1) is 5.52 Å². The number of hydrogen-bond acceptors (Lipinski definition) is 6. The number of aryl methyl sites for hydroxylation is 2. The zero-order valence-corrected chi connectivity index (χ0v) is 21.6. The maximum Gasteiger partial charge on any atom is 0.573 e. The Labute approximate surface area is 218 Å². The van der Waals surface area contributed by atoms with E-state index in [1.165, 1.54) is 44.8 Å². The second-order valence-corrected chi connectivity index (χ2v) is 10.7. The fourth-order valence-electron chi connectivity index (χ4n) is 5.32. The van der Waals surface area contributed by atoms with Crippen molar-refractivity contribution in [2.45, 2.75) is 57.9 Å². The third kappa shape index (κ3) is 6.54. The summed E-state index contributed by atoms with van der Waals surface area (Å²) in [7, 11) is 0. The summed E-state index contributed by atoms with van der Waals surface area (Å²) in [5, 5.41) is 5.23. The number of nitrogens with zero attached hydrogens (tertiary/aromatic N) is 3. The zero-order valence-electron chi connectivity index (χ0n) is 20.8. The first-order valence-electron chi connectivity index (χ1n) is 12.8. The number of nitrogens with one attached hydrogen (secondary N) is 1. The summed E-state index contributed by atoms with van der Waals surface area (Å²) in [6, 6.07) is 9.85. The highest BCUT2D eigenvalue weighted by Gasteiger charge is 2.32. The van der Waals surface area contributed by atoms with Crippen molar-refractivity contribution < 1.29 is 22.7 Å². The smallest absolute Gasteiger partial charge is 0.396 e. The van der Waals surface area contributed by atoms with Gasteiger partial charge in [0.25, 0.3) is 0 Å². The summed E-state index contributed by atoms with van der Waals surface area (Å²) < 4.78 is 40.9. The van der Waals surface area contributed by atoms with E-state index in [2.05, 4.69) is 32.8 Å². The van der Waals surface area contributed by atoms with E-state index in [9.17, 15) is 18.0 Å². The Kier molecular flexibility index (Phi) is 7.57. The molecular formula is C27H31F3N4O2S. The van der Waals surface area contributed by atoms with Crippen molar-refractivity contribution in [3.8, 4) is 5.06 Å². The number of likely N-dealkylation sites (tertiary alicyclic amines) is 1. The van der Waals surface area contributed by atoms with Crippen LogP contribution in [0.1, 0.15) is 43.2 Å². The number of pyridine rings is 1. The molecule has 5 rings (SSSR count). The number of amides is 1. The van der Waals surface area contributed by atoms with Gasteiger partial charge in [0, 0.05) is 36.6 Å². The predicted molar refractivity (Wildman–Crippen MR) is 140 cm³/mol. The third-order valence-electron chi connectivity index (χ3n) is 7.22. The van der Waals surface area contributed by atoms with Gasteiger partial charge in [-0.1, -0.05) is 0 Å². The number of carbonyl (C=O) groups is 1. The van der Waals surface area contributed by atoms with Crippen LogP contribution >= 0.6 is 11.3 Å². The lowest BCUT2D eigenvalue weighted by Crippen LogP contribution is -2.44. The molecule has 6 nitrogen and oxygen atoms in total. The lowest BCUT2D eigenvalue weighted by molar-refractivity contribution is -0.273. The summed E-state index contributed by atoms with van der Waals surface area (Å²) >= 11 is 0.866. The number of ether oxygens (including phenoxy) is 1. The van der Waals surface area contributed by atoms with Crippen molar-refractivity contribution in [2.75, 3.05) is 36.4 Å². The minimum atomic E-state index is -4.71. The number of alkyl halides is 3. The number of fused-ring (bicyclic) bond motifs is 1. The van der Waals surface area contributed by atoms with Gasteiger partial charge in [-0.05, 0) is 99.0 Å². The Morgan fingerprint density at radius 3 is 2.62 bits per heavy atom. The maximum atomic E-state index is 12.5. The molecule has 0 atom stereocenters. The van der Waals surface area contributed by atoms with Gasteiger partial charge in [-0.2, -0.15) is 0 Å². The molecule has 2 aromatic heterocycles. The summed E-state index contributed by atoms with van der Waals surface area (Å²) in [6.45, 7) is 6.57. The van der Waals surface area contributed by atoms with Crippen LogP contribution in [0, 0.1) is 6.92 Å². The Hall–Kier alpha value is -2.85.